The van der Waals surface area contributed by atoms with Crippen LogP contribution in [0.5, 0.6) is 0 Å². The van der Waals surface area contributed by atoms with E-state index in [2.05, 4.69) is 30.3 Å². The number of aromatic nitrogens is 2. The monoisotopic (exact) mass is 251 g/mol. The molecule has 0 bridgehead atoms. The lowest BCUT2D eigenvalue weighted by Crippen LogP contribution is -2.38. The maximum absolute atomic E-state index is 11.8. The number of amides is 1. The van der Waals surface area contributed by atoms with Crippen LogP contribution in [0.3, 0.4) is 0 Å². The summed E-state index contributed by atoms with van der Waals surface area (Å²) < 4.78 is 2.00. The second-order valence-corrected chi connectivity index (χ2v) is 6.17. The third-order valence-electron chi connectivity index (χ3n) is 2.88. The van der Waals surface area contributed by atoms with E-state index in [9.17, 15) is 4.79 Å². The molecule has 0 radical (unpaired) electrons. The first-order valence-electron chi connectivity index (χ1n) is 6.49. The van der Waals surface area contributed by atoms with Crippen molar-refractivity contribution in [3.63, 3.8) is 0 Å². The summed E-state index contributed by atoms with van der Waals surface area (Å²) in [7, 11) is 0. The van der Waals surface area contributed by atoms with E-state index in [1.807, 2.05) is 32.4 Å². The number of nitrogens with zero attached hydrogens (tertiary/aromatic N) is 2. The number of hydrogen-bond donors (Lipinski definition) is 1. The summed E-state index contributed by atoms with van der Waals surface area (Å²) in [6, 6.07) is 2.07. The Morgan fingerprint density at radius 2 is 2.06 bits per heavy atom. The van der Waals surface area contributed by atoms with E-state index in [0.717, 1.165) is 12.2 Å². The first-order chi connectivity index (χ1) is 8.20. The fourth-order valence-corrected chi connectivity index (χ4v) is 1.75. The zero-order valence-electron chi connectivity index (χ0n) is 12.4. The normalized spacial score (nSPS) is 13.4. The molecule has 0 aliphatic carbocycles. The Kier molecular flexibility index (Phi) is 4.54. The van der Waals surface area contributed by atoms with Crippen LogP contribution in [0.2, 0.25) is 0 Å². The summed E-state index contributed by atoms with van der Waals surface area (Å²) in [6.45, 7) is 13.5. The molecule has 0 unspecified atom stereocenters. The van der Waals surface area contributed by atoms with Gasteiger partial charge in [0.2, 0.25) is 5.91 Å². The molecule has 4 nitrogen and oxygen atoms in total. The summed E-state index contributed by atoms with van der Waals surface area (Å²) in [6.07, 6.45) is 0. The zero-order valence-corrected chi connectivity index (χ0v) is 12.4. The highest BCUT2D eigenvalue weighted by atomic mass is 16.2. The van der Waals surface area contributed by atoms with Gasteiger partial charge in [0.25, 0.3) is 0 Å². The highest BCUT2D eigenvalue weighted by Gasteiger charge is 2.21. The standard InChI is InChI=1S/C14H25N3O/c1-10(8-15-13(18)14(4,5)6)9-17-12(3)7-11(2)16-17/h7,10H,8-9H2,1-6H3,(H,15,18)/t10-/m0/s1. The summed E-state index contributed by atoms with van der Waals surface area (Å²) in [5.74, 6) is 0.469. The Bertz CT molecular complexity index is 415. The molecule has 0 saturated carbocycles. The molecule has 1 atom stereocenters. The average molecular weight is 251 g/mol. The lowest BCUT2D eigenvalue weighted by atomic mass is 9.95. The zero-order chi connectivity index (χ0) is 13.9. The minimum atomic E-state index is -0.322. The highest BCUT2D eigenvalue weighted by Crippen LogP contribution is 2.13. The van der Waals surface area contributed by atoms with Gasteiger partial charge in [0.15, 0.2) is 0 Å². The Hall–Kier alpha value is -1.32. The predicted molar refractivity (Wildman–Crippen MR) is 73.3 cm³/mol. The Balaban J connectivity index is 2.45. The quantitative estimate of drug-likeness (QED) is 0.892. The van der Waals surface area contributed by atoms with Crippen LogP contribution in [0.15, 0.2) is 6.07 Å². The van der Waals surface area contributed by atoms with Gasteiger partial charge in [-0.1, -0.05) is 27.7 Å². The molecule has 1 aromatic heterocycles. The molecule has 4 heteroatoms. The van der Waals surface area contributed by atoms with Gasteiger partial charge in [-0.3, -0.25) is 9.48 Å². The molecule has 0 saturated heterocycles. The van der Waals surface area contributed by atoms with E-state index in [4.69, 9.17) is 0 Å². The molecule has 1 N–H and O–H groups in total. The lowest BCUT2D eigenvalue weighted by Gasteiger charge is -2.20. The number of carbonyl (C=O) groups excluding carboxylic acids is 1. The van der Waals surface area contributed by atoms with Crippen molar-refractivity contribution in [1.29, 1.82) is 0 Å². The fraction of sp³-hybridized carbons (Fsp3) is 0.714. The van der Waals surface area contributed by atoms with Gasteiger partial charge >= 0.3 is 0 Å². The molecule has 0 aliphatic heterocycles. The van der Waals surface area contributed by atoms with Crippen molar-refractivity contribution < 1.29 is 4.79 Å². The second kappa shape index (κ2) is 5.55. The Morgan fingerprint density at radius 1 is 1.44 bits per heavy atom. The summed E-state index contributed by atoms with van der Waals surface area (Å²) >= 11 is 0. The molecule has 102 valence electrons. The molecule has 18 heavy (non-hydrogen) atoms. The van der Waals surface area contributed by atoms with Crippen LogP contribution >= 0.6 is 0 Å². The number of nitrogens with one attached hydrogen (secondary N) is 1. The third kappa shape index (κ3) is 4.17. The molecule has 1 heterocycles. The van der Waals surface area contributed by atoms with Crippen LogP contribution in [-0.4, -0.2) is 22.2 Å². The number of rotatable bonds is 4. The maximum atomic E-state index is 11.8. The molecule has 0 fully saturated rings. The van der Waals surface area contributed by atoms with Gasteiger partial charge in [-0.2, -0.15) is 5.10 Å². The van der Waals surface area contributed by atoms with Crippen LogP contribution in [0.4, 0.5) is 0 Å². The molecule has 0 spiro atoms. The Morgan fingerprint density at radius 3 is 2.50 bits per heavy atom. The highest BCUT2D eigenvalue weighted by molar-refractivity contribution is 5.81. The molecular weight excluding hydrogens is 226 g/mol. The van der Waals surface area contributed by atoms with Crippen LogP contribution in [0.1, 0.15) is 39.1 Å². The van der Waals surface area contributed by atoms with Crippen LogP contribution in [-0.2, 0) is 11.3 Å². The first kappa shape index (κ1) is 14.7. The molecule has 0 aliphatic rings. The second-order valence-electron chi connectivity index (χ2n) is 6.17. The van der Waals surface area contributed by atoms with Crippen LogP contribution in [0.25, 0.3) is 0 Å². The Labute approximate surface area is 110 Å². The van der Waals surface area contributed by atoms with E-state index >= 15 is 0 Å². The van der Waals surface area contributed by atoms with Gasteiger partial charge in [0.1, 0.15) is 0 Å². The van der Waals surface area contributed by atoms with Crippen molar-refractivity contribution in [2.75, 3.05) is 6.54 Å². The van der Waals surface area contributed by atoms with Gasteiger partial charge < -0.3 is 5.32 Å². The van der Waals surface area contributed by atoms with E-state index in [-0.39, 0.29) is 11.3 Å². The third-order valence-corrected chi connectivity index (χ3v) is 2.88. The largest absolute Gasteiger partial charge is 0.355 e. The molecular formula is C14H25N3O. The van der Waals surface area contributed by atoms with Crippen LogP contribution in [0, 0.1) is 25.2 Å². The van der Waals surface area contributed by atoms with E-state index in [0.29, 0.717) is 12.5 Å². The smallest absolute Gasteiger partial charge is 0.225 e. The summed E-state index contributed by atoms with van der Waals surface area (Å²) in [5, 5.41) is 7.42. The number of carbonyl (C=O) groups is 1. The van der Waals surface area contributed by atoms with E-state index in [1.54, 1.807) is 0 Å². The van der Waals surface area contributed by atoms with Crippen molar-refractivity contribution in [3.8, 4) is 0 Å². The van der Waals surface area contributed by atoms with E-state index in [1.165, 1.54) is 5.69 Å². The fourth-order valence-electron chi connectivity index (χ4n) is 1.75. The molecule has 1 rings (SSSR count). The minimum Gasteiger partial charge on any atom is -0.355 e. The van der Waals surface area contributed by atoms with Gasteiger partial charge in [-0.05, 0) is 25.8 Å². The SMILES string of the molecule is Cc1cc(C)n(C[C@@H](C)CNC(=O)C(C)(C)C)n1. The topological polar surface area (TPSA) is 46.9 Å². The predicted octanol–water partition coefficient (Wildman–Crippen LogP) is 2.30. The number of hydrogen-bond acceptors (Lipinski definition) is 2. The van der Waals surface area contributed by atoms with E-state index < -0.39 is 0 Å². The number of aryl methyl sites for hydroxylation is 2. The minimum absolute atomic E-state index is 0.0997. The first-order valence-corrected chi connectivity index (χ1v) is 6.49. The molecule has 0 aromatic carbocycles. The molecule has 1 amide bonds. The maximum Gasteiger partial charge on any atom is 0.225 e. The summed E-state index contributed by atoms with van der Waals surface area (Å²) in [5.41, 5.74) is 1.89. The van der Waals surface area contributed by atoms with Crippen molar-refractivity contribution in [3.05, 3.63) is 17.5 Å². The van der Waals surface area contributed by atoms with Crippen molar-refractivity contribution in [1.82, 2.24) is 15.1 Å². The van der Waals surface area contributed by atoms with Crippen molar-refractivity contribution >= 4 is 5.91 Å². The van der Waals surface area contributed by atoms with Gasteiger partial charge in [-0.25, -0.2) is 0 Å². The molecule has 1 aromatic rings. The summed E-state index contributed by atoms with van der Waals surface area (Å²) in [4.78, 5) is 11.8. The van der Waals surface area contributed by atoms with Gasteiger partial charge in [0, 0.05) is 24.2 Å². The van der Waals surface area contributed by atoms with Crippen molar-refractivity contribution in [2.24, 2.45) is 11.3 Å². The van der Waals surface area contributed by atoms with Crippen LogP contribution < -0.4 is 5.32 Å². The lowest BCUT2D eigenvalue weighted by molar-refractivity contribution is -0.128. The van der Waals surface area contributed by atoms with Gasteiger partial charge in [0.05, 0.1) is 5.69 Å². The van der Waals surface area contributed by atoms with Gasteiger partial charge in [-0.15, -0.1) is 0 Å². The van der Waals surface area contributed by atoms with Crippen molar-refractivity contribution in [2.45, 2.75) is 48.1 Å². The average Bonchev–Trinajstić information content (AvgIpc) is 2.52.